The first-order valence-electron chi connectivity index (χ1n) is 29.5. The van der Waals surface area contributed by atoms with Crippen molar-refractivity contribution in [1.82, 2.24) is 5.32 Å². The Bertz CT molecular complexity index is 1070. The minimum absolute atomic E-state index is 0.376. The summed E-state index contributed by atoms with van der Waals surface area (Å²) in [6.45, 7) is 4.20. The van der Waals surface area contributed by atoms with Crippen LogP contribution in [0.2, 0.25) is 0 Å². The van der Waals surface area contributed by atoms with Crippen LogP contribution in [0.1, 0.15) is 309 Å². The summed E-state index contributed by atoms with van der Waals surface area (Å²) in [6, 6.07) is -0.817. The molecule has 0 saturated carbocycles. The molecule has 0 aliphatic heterocycles. The Labute approximate surface area is 412 Å². The Morgan fingerprint density at radius 1 is 0.379 bits per heavy atom. The molecule has 66 heavy (non-hydrogen) atoms. The van der Waals surface area contributed by atoms with Crippen LogP contribution in [-0.2, 0) is 4.79 Å². The molecular weight excluding hydrogens is 811 g/mol. The van der Waals surface area contributed by atoms with Gasteiger partial charge in [-0.1, -0.05) is 294 Å². The molecule has 5 heteroatoms. The Morgan fingerprint density at radius 3 is 1.02 bits per heavy atom. The van der Waals surface area contributed by atoms with Crippen molar-refractivity contribution in [3.63, 3.8) is 0 Å². The Hall–Kier alpha value is -1.69. The Morgan fingerprint density at radius 2 is 0.667 bits per heavy atom. The Balaban J connectivity index is 3.59. The predicted molar refractivity (Wildman–Crippen MR) is 291 cm³/mol. The fraction of sp³-hybridized carbons (Fsp3) is 0.852. The van der Waals surface area contributed by atoms with Crippen LogP contribution in [-0.4, -0.2) is 46.1 Å². The van der Waals surface area contributed by atoms with Crippen LogP contribution in [0.25, 0.3) is 0 Å². The highest BCUT2D eigenvalue weighted by molar-refractivity contribution is 5.80. The first kappa shape index (κ1) is 64.3. The number of hydrogen-bond acceptors (Lipinski definition) is 4. The first-order chi connectivity index (χ1) is 32.6. The van der Waals surface area contributed by atoms with Gasteiger partial charge in [0, 0.05) is 0 Å². The number of amides is 1. The van der Waals surface area contributed by atoms with Gasteiger partial charge in [0.1, 0.15) is 6.10 Å². The fourth-order valence-electron chi connectivity index (χ4n) is 9.06. The van der Waals surface area contributed by atoms with Crippen molar-refractivity contribution in [1.29, 1.82) is 0 Å². The highest BCUT2D eigenvalue weighted by atomic mass is 16.3. The summed E-state index contributed by atoms with van der Waals surface area (Å²) in [7, 11) is 0. The lowest BCUT2D eigenvalue weighted by Gasteiger charge is -2.21. The number of carbonyl (C=O) groups excluding carboxylic acids is 1. The van der Waals surface area contributed by atoms with Crippen LogP contribution in [0.4, 0.5) is 0 Å². The standard InChI is InChI=1S/C61H115NO4/c1-3-5-7-9-11-13-15-17-19-21-23-25-27-28-29-30-31-32-33-34-36-38-40-42-44-46-48-50-52-54-56-60(65)61(66)62-58(57-63)59(64)55-53-51-49-47-45-43-41-39-37-35-26-24-22-20-18-16-14-12-10-8-6-4-2/h23,25,28-29,45,47,53,55,58-60,63-65H,3-22,24,26-27,30-44,46,48-52,54,56-57H2,1-2H3,(H,62,66)/b25-23-,29-28-,47-45+,55-53+. The van der Waals surface area contributed by atoms with Crippen molar-refractivity contribution in [3.8, 4) is 0 Å². The monoisotopic (exact) mass is 926 g/mol. The molecule has 4 N–H and O–H groups in total. The maximum atomic E-state index is 12.6. The largest absolute Gasteiger partial charge is 0.394 e. The summed E-state index contributed by atoms with van der Waals surface area (Å²) in [5.41, 5.74) is 0. The topological polar surface area (TPSA) is 89.8 Å². The molecular formula is C61H115NO4. The lowest BCUT2D eigenvalue weighted by molar-refractivity contribution is -0.131. The second-order valence-electron chi connectivity index (χ2n) is 20.2. The number of rotatable bonds is 54. The van der Waals surface area contributed by atoms with Crippen LogP contribution >= 0.6 is 0 Å². The zero-order valence-corrected chi connectivity index (χ0v) is 44.3. The van der Waals surface area contributed by atoms with Crippen molar-refractivity contribution in [3.05, 3.63) is 48.6 Å². The third-order valence-electron chi connectivity index (χ3n) is 13.6. The van der Waals surface area contributed by atoms with E-state index in [1.165, 1.54) is 244 Å². The molecule has 0 radical (unpaired) electrons. The van der Waals surface area contributed by atoms with Crippen molar-refractivity contribution in [2.24, 2.45) is 0 Å². The second-order valence-corrected chi connectivity index (χ2v) is 20.2. The van der Waals surface area contributed by atoms with Gasteiger partial charge in [-0.25, -0.2) is 0 Å². The third kappa shape index (κ3) is 50.2. The number of carbonyl (C=O) groups is 1. The van der Waals surface area contributed by atoms with E-state index in [1.54, 1.807) is 6.08 Å². The molecule has 3 atom stereocenters. The molecule has 0 heterocycles. The Kier molecular flexibility index (Phi) is 54.5. The zero-order valence-electron chi connectivity index (χ0n) is 44.3. The van der Waals surface area contributed by atoms with Gasteiger partial charge < -0.3 is 20.6 Å². The van der Waals surface area contributed by atoms with Crippen LogP contribution in [0, 0.1) is 0 Å². The molecule has 0 aromatic rings. The molecule has 0 bridgehead atoms. The maximum absolute atomic E-state index is 12.6. The van der Waals surface area contributed by atoms with E-state index in [4.69, 9.17) is 0 Å². The third-order valence-corrected chi connectivity index (χ3v) is 13.6. The van der Waals surface area contributed by atoms with Crippen molar-refractivity contribution < 1.29 is 20.1 Å². The van der Waals surface area contributed by atoms with Crippen LogP contribution in [0.5, 0.6) is 0 Å². The lowest BCUT2D eigenvalue weighted by atomic mass is 10.0. The van der Waals surface area contributed by atoms with E-state index in [1.807, 2.05) is 6.08 Å². The zero-order chi connectivity index (χ0) is 47.9. The highest BCUT2D eigenvalue weighted by Crippen LogP contribution is 2.17. The summed E-state index contributed by atoms with van der Waals surface area (Å²) < 4.78 is 0. The lowest BCUT2D eigenvalue weighted by Crippen LogP contribution is -2.48. The molecule has 1 amide bonds. The summed E-state index contributed by atoms with van der Waals surface area (Å²) in [5, 5.41) is 33.4. The van der Waals surface area contributed by atoms with E-state index in [-0.39, 0.29) is 6.61 Å². The van der Waals surface area contributed by atoms with Crippen molar-refractivity contribution >= 4 is 5.91 Å². The summed E-state index contributed by atoms with van der Waals surface area (Å²) in [5.74, 6) is -0.510. The molecule has 0 saturated heterocycles. The minimum atomic E-state index is -1.11. The number of unbranched alkanes of at least 4 members (excludes halogenated alkanes) is 40. The van der Waals surface area contributed by atoms with E-state index in [9.17, 15) is 20.1 Å². The van der Waals surface area contributed by atoms with Gasteiger partial charge in [-0.3, -0.25) is 4.79 Å². The smallest absolute Gasteiger partial charge is 0.249 e. The molecule has 0 fully saturated rings. The van der Waals surface area contributed by atoms with E-state index < -0.39 is 24.2 Å². The molecule has 388 valence electrons. The second kappa shape index (κ2) is 55.9. The molecule has 5 nitrogen and oxygen atoms in total. The molecule has 3 unspecified atom stereocenters. The van der Waals surface area contributed by atoms with Gasteiger partial charge in [-0.15, -0.1) is 0 Å². The van der Waals surface area contributed by atoms with Crippen LogP contribution in [0.15, 0.2) is 48.6 Å². The predicted octanol–water partition coefficient (Wildman–Crippen LogP) is 18.4. The number of aliphatic hydroxyl groups excluding tert-OH is 3. The molecule has 0 aromatic carbocycles. The molecule has 0 aliphatic rings. The average molecular weight is 927 g/mol. The van der Waals surface area contributed by atoms with Gasteiger partial charge in [-0.05, 0) is 64.2 Å². The van der Waals surface area contributed by atoms with E-state index >= 15 is 0 Å². The van der Waals surface area contributed by atoms with Gasteiger partial charge in [0.2, 0.25) is 5.91 Å². The number of hydrogen-bond donors (Lipinski definition) is 4. The first-order valence-corrected chi connectivity index (χ1v) is 29.5. The summed E-state index contributed by atoms with van der Waals surface area (Å²) in [4.78, 5) is 12.6. The molecule has 0 spiro atoms. The summed E-state index contributed by atoms with van der Waals surface area (Å²) in [6.07, 6.45) is 74.9. The normalized spacial score (nSPS) is 13.6. The quantitative estimate of drug-likeness (QED) is 0.0361. The van der Waals surface area contributed by atoms with E-state index in [0.29, 0.717) is 6.42 Å². The molecule has 0 aromatic heterocycles. The van der Waals surface area contributed by atoms with Crippen LogP contribution < -0.4 is 5.32 Å². The maximum Gasteiger partial charge on any atom is 0.249 e. The SMILES string of the molecule is CCCCCCCCCCC/C=C\C/C=C\CCCCCCCCCCCCCCCCC(O)C(=O)NC(CO)C(O)/C=C/CC/C=C/CCCCCCCCCCCCCCCCCC. The number of aliphatic hydroxyl groups is 3. The van der Waals surface area contributed by atoms with Gasteiger partial charge in [0.25, 0.3) is 0 Å². The molecule has 0 aliphatic carbocycles. The van der Waals surface area contributed by atoms with Crippen molar-refractivity contribution in [2.45, 2.75) is 327 Å². The van der Waals surface area contributed by atoms with Gasteiger partial charge in [-0.2, -0.15) is 0 Å². The van der Waals surface area contributed by atoms with Gasteiger partial charge >= 0.3 is 0 Å². The summed E-state index contributed by atoms with van der Waals surface area (Å²) >= 11 is 0. The fourth-order valence-corrected chi connectivity index (χ4v) is 9.06. The van der Waals surface area contributed by atoms with E-state index in [2.05, 4.69) is 55.6 Å². The van der Waals surface area contributed by atoms with Crippen molar-refractivity contribution in [2.75, 3.05) is 6.61 Å². The minimum Gasteiger partial charge on any atom is -0.394 e. The number of allylic oxidation sites excluding steroid dienone is 7. The van der Waals surface area contributed by atoms with Gasteiger partial charge in [0.15, 0.2) is 0 Å². The average Bonchev–Trinajstić information content (AvgIpc) is 3.32. The van der Waals surface area contributed by atoms with Crippen LogP contribution in [0.3, 0.4) is 0 Å². The van der Waals surface area contributed by atoms with E-state index in [0.717, 1.165) is 44.9 Å². The highest BCUT2D eigenvalue weighted by Gasteiger charge is 2.22. The number of nitrogens with one attached hydrogen (secondary N) is 1. The van der Waals surface area contributed by atoms with Gasteiger partial charge in [0.05, 0.1) is 18.8 Å². The molecule has 0 rings (SSSR count).